The van der Waals surface area contributed by atoms with Gasteiger partial charge in [-0.1, -0.05) is 27.7 Å². The zero-order chi connectivity index (χ0) is 13.8. The minimum atomic E-state index is -0.245. The van der Waals surface area contributed by atoms with E-state index in [4.69, 9.17) is 0 Å². The summed E-state index contributed by atoms with van der Waals surface area (Å²) >= 11 is 3.40. The number of aromatic nitrogens is 2. The van der Waals surface area contributed by atoms with Gasteiger partial charge in [-0.3, -0.25) is 0 Å². The Kier molecular flexibility index (Phi) is 5.53. The van der Waals surface area contributed by atoms with E-state index in [0.717, 1.165) is 29.1 Å². The lowest BCUT2D eigenvalue weighted by molar-refractivity contribution is 0.164. The molecule has 0 aliphatic rings. The molecule has 0 fully saturated rings. The average Bonchev–Trinajstić information content (AvgIpc) is 2.27. The Morgan fingerprint density at radius 2 is 2.06 bits per heavy atom. The van der Waals surface area contributed by atoms with E-state index in [1.807, 2.05) is 13.0 Å². The van der Waals surface area contributed by atoms with Crippen LogP contribution in [-0.4, -0.2) is 27.7 Å². The van der Waals surface area contributed by atoms with Crippen LogP contribution in [0.2, 0.25) is 0 Å². The van der Waals surface area contributed by atoms with Gasteiger partial charge in [-0.05, 0) is 28.8 Å². The van der Waals surface area contributed by atoms with E-state index < -0.39 is 0 Å². The van der Waals surface area contributed by atoms with Gasteiger partial charge in [0.1, 0.15) is 16.2 Å². The second-order valence-corrected chi connectivity index (χ2v) is 6.24. The van der Waals surface area contributed by atoms with E-state index >= 15 is 0 Å². The van der Waals surface area contributed by atoms with Crippen LogP contribution < -0.4 is 5.32 Å². The van der Waals surface area contributed by atoms with Crippen molar-refractivity contribution in [2.24, 2.45) is 0 Å². The summed E-state index contributed by atoms with van der Waals surface area (Å²) in [5.41, 5.74) is -0.0802. The first-order valence-electron chi connectivity index (χ1n) is 6.30. The topological polar surface area (TPSA) is 58.0 Å². The molecule has 0 bridgehead atoms. The number of aliphatic hydroxyl groups excluding tert-OH is 1. The van der Waals surface area contributed by atoms with Gasteiger partial charge >= 0.3 is 0 Å². The fraction of sp³-hybridized carbons (Fsp3) is 0.692. The van der Waals surface area contributed by atoms with Gasteiger partial charge in [0.2, 0.25) is 0 Å². The molecule has 1 heterocycles. The molecule has 0 amide bonds. The Morgan fingerprint density at radius 3 is 2.61 bits per heavy atom. The molecule has 102 valence electrons. The van der Waals surface area contributed by atoms with Crippen LogP contribution in [0.5, 0.6) is 0 Å². The van der Waals surface area contributed by atoms with Gasteiger partial charge in [0, 0.05) is 18.0 Å². The lowest BCUT2D eigenvalue weighted by atomic mass is 9.96. The monoisotopic (exact) mass is 315 g/mol. The van der Waals surface area contributed by atoms with Crippen molar-refractivity contribution in [2.45, 2.75) is 52.1 Å². The van der Waals surface area contributed by atoms with Crippen LogP contribution in [0.25, 0.3) is 0 Å². The first-order chi connectivity index (χ1) is 8.32. The third kappa shape index (κ3) is 4.90. The molecule has 0 saturated heterocycles. The Bertz CT molecular complexity index is 390. The van der Waals surface area contributed by atoms with Crippen molar-refractivity contribution >= 4 is 21.7 Å². The van der Waals surface area contributed by atoms with Crippen molar-refractivity contribution in [3.8, 4) is 0 Å². The summed E-state index contributed by atoms with van der Waals surface area (Å²) < 4.78 is 0.779. The lowest BCUT2D eigenvalue weighted by Crippen LogP contribution is -2.18. The smallest absolute Gasteiger partial charge is 0.137 e. The zero-order valence-electron chi connectivity index (χ0n) is 11.5. The number of rotatable bonds is 5. The molecule has 4 nitrogen and oxygen atoms in total. The van der Waals surface area contributed by atoms with Gasteiger partial charge in [-0.15, -0.1) is 0 Å². The Morgan fingerprint density at radius 1 is 1.39 bits per heavy atom. The molecule has 18 heavy (non-hydrogen) atoms. The summed E-state index contributed by atoms with van der Waals surface area (Å²) in [4.78, 5) is 8.87. The molecule has 1 aromatic rings. The number of nitrogens with one attached hydrogen (secondary N) is 1. The van der Waals surface area contributed by atoms with Gasteiger partial charge in [0.05, 0.1) is 6.10 Å². The summed E-state index contributed by atoms with van der Waals surface area (Å²) in [6.45, 7) is 8.93. The van der Waals surface area contributed by atoms with E-state index in [9.17, 15) is 5.11 Å². The Labute approximate surface area is 117 Å². The van der Waals surface area contributed by atoms with Crippen LogP contribution in [0.4, 0.5) is 5.82 Å². The van der Waals surface area contributed by atoms with Gasteiger partial charge in [-0.2, -0.15) is 0 Å². The van der Waals surface area contributed by atoms with E-state index in [0.29, 0.717) is 6.54 Å². The first-order valence-corrected chi connectivity index (χ1v) is 7.09. The number of anilines is 1. The van der Waals surface area contributed by atoms with Crippen LogP contribution in [0.1, 0.15) is 46.4 Å². The quantitative estimate of drug-likeness (QED) is 0.820. The fourth-order valence-corrected chi connectivity index (χ4v) is 1.80. The molecule has 0 aromatic carbocycles. The molecule has 0 saturated carbocycles. The SMILES string of the molecule is CCC(O)CCNc1cc(Br)nc(C(C)(C)C)n1. The zero-order valence-corrected chi connectivity index (χ0v) is 13.1. The Hall–Kier alpha value is -0.680. The third-order valence-electron chi connectivity index (χ3n) is 2.62. The minimum Gasteiger partial charge on any atom is -0.393 e. The number of hydrogen-bond donors (Lipinski definition) is 2. The summed E-state index contributed by atoms with van der Waals surface area (Å²) in [6, 6.07) is 1.85. The summed E-state index contributed by atoms with van der Waals surface area (Å²) in [6.07, 6.45) is 1.26. The van der Waals surface area contributed by atoms with Crippen molar-refractivity contribution in [1.82, 2.24) is 9.97 Å². The second-order valence-electron chi connectivity index (χ2n) is 5.43. The van der Waals surface area contributed by atoms with Crippen LogP contribution in [0.15, 0.2) is 10.7 Å². The van der Waals surface area contributed by atoms with E-state index in [2.05, 4.69) is 52.0 Å². The third-order valence-corrected chi connectivity index (χ3v) is 3.03. The van der Waals surface area contributed by atoms with Crippen molar-refractivity contribution in [3.63, 3.8) is 0 Å². The predicted molar refractivity (Wildman–Crippen MR) is 77.8 cm³/mol. The molecule has 1 unspecified atom stereocenters. The molecular formula is C13H22BrN3O. The van der Waals surface area contributed by atoms with Gasteiger partial charge in [0.15, 0.2) is 0 Å². The van der Waals surface area contributed by atoms with Crippen molar-refractivity contribution < 1.29 is 5.11 Å². The average molecular weight is 316 g/mol. The largest absolute Gasteiger partial charge is 0.393 e. The van der Waals surface area contributed by atoms with Crippen LogP contribution >= 0.6 is 15.9 Å². The van der Waals surface area contributed by atoms with E-state index in [1.54, 1.807) is 0 Å². The highest BCUT2D eigenvalue weighted by Gasteiger charge is 2.18. The van der Waals surface area contributed by atoms with Gasteiger partial charge in [-0.25, -0.2) is 9.97 Å². The molecule has 1 rings (SSSR count). The van der Waals surface area contributed by atoms with E-state index in [-0.39, 0.29) is 11.5 Å². The first kappa shape index (κ1) is 15.4. The number of nitrogens with zero attached hydrogens (tertiary/aromatic N) is 2. The van der Waals surface area contributed by atoms with Crippen LogP contribution in [0, 0.1) is 0 Å². The molecule has 5 heteroatoms. The van der Waals surface area contributed by atoms with Gasteiger partial charge in [0.25, 0.3) is 0 Å². The molecule has 1 atom stereocenters. The lowest BCUT2D eigenvalue weighted by Gasteiger charge is -2.18. The Balaban J connectivity index is 2.69. The standard InChI is InChI=1S/C13H22BrN3O/c1-5-9(18)6-7-15-11-8-10(14)16-12(17-11)13(2,3)4/h8-9,18H,5-7H2,1-4H3,(H,15,16,17). The predicted octanol–water partition coefficient (Wildman–Crippen LogP) is 3.11. The summed E-state index contributed by atoms with van der Waals surface area (Å²) in [5, 5.41) is 12.7. The van der Waals surface area contributed by atoms with Crippen molar-refractivity contribution in [3.05, 3.63) is 16.5 Å². The minimum absolute atomic E-state index is 0.0802. The maximum Gasteiger partial charge on any atom is 0.137 e. The van der Waals surface area contributed by atoms with Crippen molar-refractivity contribution in [2.75, 3.05) is 11.9 Å². The normalized spacial score (nSPS) is 13.4. The highest BCUT2D eigenvalue weighted by Crippen LogP contribution is 2.22. The molecular weight excluding hydrogens is 294 g/mol. The molecule has 1 aromatic heterocycles. The molecule has 2 N–H and O–H groups in total. The summed E-state index contributed by atoms with van der Waals surface area (Å²) in [5.74, 6) is 1.60. The van der Waals surface area contributed by atoms with Crippen molar-refractivity contribution in [1.29, 1.82) is 0 Å². The van der Waals surface area contributed by atoms with Crippen LogP contribution in [0.3, 0.4) is 0 Å². The molecule has 0 aliphatic carbocycles. The van der Waals surface area contributed by atoms with Crippen LogP contribution in [-0.2, 0) is 5.41 Å². The fourth-order valence-electron chi connectivity index (χ4n) is 1.41. The second kappa shape index (κ2) is 6.48. The number of hydrogen-bond acceptors (Lipinski definition) is 4. The highest BCUT2D eigenvalue weighted by molar-refractivity contribution is 9.10. The maximum atomic E-state index is 9.49. The number of halogens is 1. The number of aliphatic hydroxyl groups is 1. The summed E-state index contributed by atoms with van der Waals surface area (Å²) in [7, 11) is 0. The highest BCUT2D eigenvalue weighted by atomic mass is 79.9. The van der Waals surface area contributed by atoms with E-state index in [1.165, 1.54) is 0 Å². The molecule has 0 spiro atoms. The van der Waals surface area contributed by atoms with Gasteiger partial charge < -0.3 is 10.4 Å². The maximum absolute atomic E-state index is 9.49. The molecule has 0 aliphatic heterocycles. The molecule has 0 radical (unpaired) electrons.